The van der Waals surface area contributed by atoms with E-state index in [9.17, 15) is 9.59 Å². The van der Waals surface area contributed by atoms with E-state index in [1.807, 2.05) is 13.0 Å². The molecule has 0 N–H and O–H groups in total. The van der Waals surface area contributed by atoms with Crippen LogP contribution < -0.4 is 10.2 Å². The quantitative estimate of drug-likeness (QED) is 0.788. The molecule has 0 unspecified atom stereocenters. The third-order valence-corrected chi connectivity index (χ3v) is 2.58. The fourth-order valence-corrected chi connectivity index (χ4v) is 1.67. The van der Waals surface area contributed by atoms with Crippen molar-refractivity contribution in [3.8, 4) is 11.4 Å². The maximum absolute atomic E-state index is 11.6. The van der Waals surface area contributed by atoms with Crippen molar-refractivity contribution < 1.29 is 14.3 Å². The van der Waals surface area contributed by atoms with E-state index in [0.717, 1.165) is 0 Å². The molecule has 0 aliphatic heterocycles. The summed E-state index contributed by atoms with van der Waals surface area (Å²) < 4.78 is 11.4. The lowest BCUT2D eigenvalue weighted by Gasteiger charge is -2.08. The summed E-state index contributed by atoms with van der Waals surface area (Å²) >= 11 is 0. The average molecular weight is 274 g/mol. The van der Waals surface area contributed by atoms with Crippen molar-refractivity contribution in [3.63, 3.8) is 0 Å². The highest BCUT2D eigenvalue weighted by molar-refractivity contribution is 5.86. The van der Waals surface area contributed by atoms with Crippen molar-refractivity contribution in [3.05, 3.63) is 52.4 Å². The second-order valence-electron chi connectivity index (χ2n) is 3.90. The molecule has 1 heterocycles. The highest BCUT2D eigenvalue weighted by atomic mass is 16.5. The summed E-state index contributed by atoms with van der Waals surface area (Å²) in [5.41, 5.74) is -0.0491. The van der Waals surface area contributed by atoms with Gasteiger partial charge in [-0.1, -0.05) is 6.07 Å². The third kappa shape index (κ3) is 2.85. The minimum absolute atomic E-state index is 0.253. The highest BCUT2D eigenvalue weighted by Crippen LogP contribution is 2.15. The Morgan fingerprint density at radius 1 is 1.35 bits per heavy atom. The molecule has 0 bridgehead atoms. The van der Waals surface area contributed by atoms with Crippen LogP contribution in [0.4, 0.5) is 0 Å². The van der Waals surface area contributed by atoms with Crippen LogP contribution in [0.5, 0.6) is 5.75 Å². The number of benzene rings is 1. The fraction of sp³-hybridized carbons (Fsp3) is 0.214. The van der Waals surface area contributed by atoms with E-state index >= 15 is 0 Å². The lowest BCUT2D eigenvalue weighted by atomic mass is 10.3. The van der Waals surface area contributed by atoms with E-state index in [1.54, 1.807) is 18.2 Å². The minimum atomic E-state index is -0.759. The number of rotatable bonds is 4. The summed E-state index contributed by atoms with van der Waals surface area (Å²) in [6.45, 7) is 2.44. The molecule has 2 aromatic rings. The van der Waals surface area contributed by atoms with Crippen molar-refractivity contribution >= 4 is 5.97 Å². The van der Waals surface area contributed by atoms with Crippen LogP contribution in [-0.2, 0) is 4.74 Å². The number of aromatic nitrogens is 2. The van der Waals surface area contributed by atoms with E-state index in [1.165, 1.54) is 24.1 Å². The molecule has 2 rings (SSSR count). The molecule has 0 saturated carbocycles. The average Bonchev–Trinajstić information content (AvgIpc) is 2.47. The molecule has 0 spiro atoms. The third-order valence-electron chi connectivity index (χ3n) is 2.58. The summed E-state index contributed by atoms with van der Waals surface area (Å²) in [5.74, 6) is -0.0737. The van der Waals surface area contributed by atoms with Gasteiger partial charge in [-0.2, -0.15) is 5.10 Å². The molecule has 1 aromatic heterocycles. The van der Waals surface area contributed by atoms with Gasteiger partial charge in [0, 0.05) is 18.3 Å². The molecule has 0 fully saturated rings. The first-order valence-corrected chi connectivity index (χ1v) is 6.07. The number of nitrogens with zero attached hydrogens (tertiary/aromatic N) is 2. The Labute approximate surface area is 115 Å². The zero-order chi connectivity index (χ0) is 14.5. The van der Waals surface area contributed by atoms with Crippen molar-refractivity contribution in [1.29, 1.82) is 0 Å². The molecule has 0 amide bonds. The van der Waals surface area contributed by atoms with Crippen LogP contribution in [0, 0.1) is 0 Å². The predicted octanol–water partition coefficient (Wildman–Crippen LogP) is 1.42. The van der Waals surface area contributed by atoms with Crippen LogP contribution in [0.1, 0.15) is 17.4 Å². The Balaban J connectivity index is 2.45. The van der Waals surface area contributed by atoms with E-state index < -0.39 is 11.4 Å². The zero-order valence-corrected chi connectivity index (χ0v) is 11.2. The van der Waals surface area contributed by atoms with Crippen LogP contribution in [-0.4, -0.2) is 29.5 Å². The van der Waals surface area contributed by atoms with E-state index in [2.05, 4.69) is 9.84 Å². The lowest BCUT2D eigenvalue weighted by molar-refractivity contribution is 0.0590. The Bertz CT molecular complexity index is 679. The first-order chi connectivity index (χ1) is 9.65. The van der Waals surface area contributed by atoms with E-state index in [0.29, 0.717) is 18.0 Å². The number of hydrogen-bond donors (Lipinski definition) is 0. The first-order valence-electron chi connectivity index (χ1n) is 6.07. The highest BCUT2D eigenvalue weighted by Gasteiger charge is 2.13. The molecule has 1 aromatic carbocycles. The Kier molecular flexibility index (Phi) is 4.14. The number of esters is 1. The molecule has 0 atom stereocenters. The Hall–Kier alpha value is -2.63. The van der Waals surface area contributed by atoms with Gasteiger partial charge in [0.1, 0.15) is 5.75 Å². The smallest absolute Gasteiger partial charge is 0.362 e. The molecule has 0 aliphatic carbocycles. The van der Waals surface area contributed by atoms with Gasteiger partial charge in [-0.25, -0.2) is 9.48 Å². The second kappa shape index (κ2) is 6.01. The van der Waals surface area contributed by atoms with Gasteiger partial charge in [-0.05, 0) is 19.1 Å². The van der Waals surface area contributed by atoms with Crippen molar-refractivity contribution in [2.45, 2.75) is 6.92 Å². The molecular formula is C14H14N2O4. The van der Waals surface area contributed by atoms with Crippen molar-refractivity contribution in [2.24, 2.45) is 0 Å². The monoisotopic (exact) mass is 274 g/mol. The van der Waals surface area contributed by atoms with Gasteiger partial charge in [0.25, 0.3) is 0 Å². The van der Waals surface area contributed by atoms with Gasteiger partial charge >= 0.3 is 5.97 Å². The van der Waals surface area contributed by atoms with Gasteiger partial charge in [0.05, 0.1) is 19.4 Å². The summed E-state index contributed by atoms with van der Waals surface area (Å²) in [4.78, 5) is 23.0. The second-order valence-corrected chi connectivity index (χ2v) is 3.90. The summed E-state index contributed by atoms with van der Waals surface area (Å²) in [7, 11) is 1.20. The summed E-state index contributed by atoms with van der Waals surface area (Å²) in [6, 6.07) is 8.45. The summed E-state index contributed by atoms with van der Waals surface area (Å²) in [6.07, 6.45) is 1.49. The molecule has 6 nitrogen and oxygen atoms in total. The van der Waals surface area contributed by atoms with Gasteiger partial charge in [-0.15, -0.1) is 0 Å². The van der Waals surface area contributed by atoms with Crippen LogP contribution in [0.25, 0.3) is 5.69 Å². The summed E-state index contributed by atoms with van der Waals surface area (Å²) in [5, 5.41) is 3.99. The molecular weight excluding hydrogens is 260 g/mol. The van der Waals surface area contributed by atoms with Crippen LogP contribution >= 0.6 is 0 Å². The predicted molar refractivity (Wildman–Crippen MR) is 72.3 cm³/mol. The number of hydrogen-bond acceptors (Lipinski definition) is 5. The number of ether oxygens (including phenoxy) is 2. The molecule has 0 aliphatic rings. The van der Waals surface area contributed by atoms with Crippen LogP contribution in [0.2, 0.25) is 0 Å². The largest absolute Gasteiger partial charge is 0.494 e. The molecule has 0 radical (unpaired) electrons. The fourth-order valence-electron chi connectivity index (χ4n) is 1.67. The van der Waals surface area contributed by atoms with Crippen LogP contribution in [0.15, 0.2) is 41.3 Å². The molecule has 104 valence electrons. The van der Waals surface area contributed by atoms with Gasteiger partial charge in [0.2, 0.25) is 11.1 Å². The van der Waals surface area contributed by atoms with Gasteiger partial charge in [0.15, 0.2) is 0 Å². The first kappa shape index (κ1) is 13.8. The number of methoxy groups -OCH3 is 1. The molecule has 0 saturated heterocycles. The maximum Gasteiger partial charge on any atom is 0.362 e. The van der Waals surface area contributed by atoms with E-state index in [4.69, 9.17) is 4.74 Å². The lowest BCUT2D eigenvalue weighted by Crippen LogP contribution is -2.21. The molecule has 20 heavy (non-hydrogen) atoms. The molecule has 6 heteroatoms. The van der Waals surface area contributed by atoms with E-state index in [-0.39, 0.29) is 5.69 Å². The van der Waals surface area contributed by atoms with Crippen LogP contribution in [0.3, 0.4) is 0 Å². The standard InChI is InChI=1S/C14H14N2O4/c1-3-20-11-6-4-5-10(9-11)16-8-7-12(17)13(15-16)14(18)19-2/h4-9H,3H2,1-2H3. The van der Waals surface area contributed by atoms with Crippen molar-refractivity contribution in [2.75, 3.05) is 13.7 Å². The topological polar surface area (TPSA) is 70.4 Å². The normalized spacial score (nSPS) is 10.1. The SMILES string of the molecule is CCOc1cccc(-n2ccc(=O)c(C(=O)OC)n2)c1. The minimum Gasteiger partial charge on any atom is -0.494 e. The zero-order valence-electron chi connectivity index (χ0n) is 11.2. The number of carbonyl (C=O) groups is 1. The van der Waals surface area contributed by atoms with Gasteiger partial charge < -0.3 is 9.47 Å². The Morgan fingerprint density at radius 2 is 2.15 bits per heavy atom. The van der Waals surface area contributed by atoms with Gasteiger partial charge in [-0.3, -0.25) is 4.79 Å². The Morgan fingerprint density at radius 3 is 2.85 bits per heavy atom. The maximum atomic E-state index is 11.6. The van der Waals surface area contributed by atoms with Crippen molar-refractivity contribution in [1.82, 2.24) is 9.78 Å². The number of carbonyl (C=O) groups excluding carboxylic acids is 1.